The highest BCUT2D eigenvalue weighted by Crippen LogP contribution is 2.18. The van der Waals surface area contributed by atoms with Crippen LogP contribution in [0.3, 0.4) is 0 Å². The van der Waals surface area contributed by atoms with Crippen LogP contribution in [0, 0.1) is 12.7 Å². The summed E-state index contributed by atoms with van der Waals surface area (Å²) in [7, 11) is -3.87. The molecule has 0 saturated carbocycles. The third kappa shape index (κ3) is 6.56. The van der Waals surface area contributed by atoms with E-state index in [0.717, 1.165) is 33.7 Å². The summed E-state index contributed by atoms with van der Waals surface area (Å²) >= 11 is 0. The van der Waals surface area contributed by atoms with Crippen molar-refractivity contribution < 1.29 is 12.8 Å². The molecule has 1 aromatic heterocycles. The van der Waals surface area contributed by atoms with Crippen molar-refractivity contribution in [2.75, 3.05) is 0 Å². The SMILES string of the molecule is CC.CC.CC.Cc1ccc(-c2ncn(S(=O)(=O)c3ccc(F)cc3)n2)cc1. The second kappa shape index (κ2) is 12.8. The van der Waals surface area contributed by atoms with Crippen LogP contribution in [0.25, 0.3) is 11.4 Å². The van der Waals surface area contributed by atoms with E-state index < -0.39 is 15.8 Å². The molecule has 0 amide bonds. The summed E-state index contributed by atoms with van der Waals surface area (Å²) in [5, 5.41) is 4.00. The Bertz CT molecular complexity index is 904. The molecule has 0 aliphatic carbocycles. The fourth-order valence-corrected chi connectivity index (χ4v) is 2.97. The molecule has 0 fully saturated rings. The lowest BCUT2D eigenvalue weighted by molar-refractivity contribution is 0.579. The minimum absolute atomic E-state index is 0.0470. The molecule has 28 heavy (non-hydrogen) atoms. The van der Waals surface area contributed by atoms with Crippen LogP contribution in [-0.4, -0.2) is 22.6 Å². The smallest absolute Gasteiger partial charge is 0.214 e. The topological polar surface area (TPSA) is 64.8 Å². The molecule has 3 aromatic rings. The van der Waals surface area contributed by atoms with Gasteiger partial charge in [0.15, 0.2) is 5.82 Å². The van der Waals surface area contributed by atoms with Gasteiger partial charge in [0.1, 0.15) is 12.1 Å². The van der Waals surface area contributed by atoms with Gasteiger partial charge in [-0.15, -0.1) is 9.19 Å². The molecule has 2 aromatic carbocycles. The standard InChI is InChI=1S/C15H12FN3O2S.3C2H6/c1-11-2-4-12(5-3-11)15-17-10-19(18-15)22(20,21)14-8-6-13(16)7-9-14;3*1-2/h2-10H,1H3;3*1-2H3. The van der Waals surface area contributed by atoms with Crippen molar-refractivity contribution in [1.29, 1.82) is 0 Å². The van der Waals surface area contributed by atoms with E-state index in [-0.39, 0.29) is 4.90 Å². The first-order valence-corrected chi connectivity index (χ1v) is 10.9. The van der Waals surface area contributed by atoms with Crippen molar-refractivity contribution in [3.8, 4) is 11.4 Å². The third-order valence-corrected chi connectivity index (χ3v) is 4.68. The lowest BCUT2D eigenvalue weighted by atomic mass is 10.1. The van der Waals surface area contributed by atoms with Gasteiger partial charge in [-0.3, -0.25) is 0 Å². The Kier molecular flexibility index (Phi) is 11.6. The number of nitrogens with zero attached hydrogens (tertiary/aromatic N) is 3. The van der Waals surface area contributed by atoms with Gasteiger partial charge < -0.3 is 0 Å². The zero-order chi connectivity index (χ0) is 21.7. The first kappa shape index (κ1) is 25.5. The van der Waals surface area contributed by atoms with E-state index in [1.54, 1.807) is 0 Å². The molecule has 0 unspecified atom stereocenters. The Morgan fingerprint density at radius 3 is 1.82 bits per heavy atom. The lowest BCUT2D eigenvalue weighted by Gasteiger charge is -2.03. The highest BCUT2D eigenvalue weighted by Gasteiger charge is 2.19. The van der Waals surface area contributed by atoms with E-state index in [2.05, 4.69) is 10.1 Å². The Morgan fingerprint density at radius 1 is 0.821 bits per heavy atom. The van der Waals surface area contributed by atoms with E-state index in [9.17, 15) is 12.8 Å². The number of aromatic nitrogens is 3. The molecule has 3 rings (SSSR count). The molecular formula is C21H30FN3O2S. The summed E-state index contributed by atoms with van der Waals surface area (Å²) in [5.41, 5.74) is 1.81. The summed E-state index contributed by atoms with van der Waals surface area (Å²) in [6, 6.07) is 12.0. The summed E-state index contributed by atoms with van der Waals surface area (Å²) in [5.74, 6) is -0.191. The molecule has 5 nitrogen and oxygen atoms in total. The summed E-state index contributed by atoms with van der Waals surface area (Å²) in [6.45, 7) is 14.0. The number of hydrogen-bond donors (Lipinski definition) is 0. The molecule has 0 saturated heterocycles. The maximum atomic E-state index is 12.9. The van der Waals surface area contributed by atoms with Crippen molar-refractivity contribution in [2.45, 2.75) is 53.4 Å². The van der Waals surface area contributed by atoms with Crippen LogP contribution in [0.1, 0.15) is 47.1 Å². The Balaban J connectivity index is 0.00000111. The van der Waals surface area contributed by atoms with Gasteiger partial charge in [0.25, 0.3) is 10.0 Å². The van der Waals surface area contributed by atoms with Crippen molar-refractivity contribution >= 4 is 10.0 Å². The molecule has 1 heterocycles. The average Bonchev–Trinajstić information content (AvgIpc) is 3.25. The van der Waals surface area contributed by atoms with E-state index in [1.165, 1.54) is 12.1 Å². The van der Waals surface area contributed by atoms with Gasteiger partial charge in [-0.1, -0.05) is 71.4 Å². The molecule has 7 heteroatoms. The third-order valence-electron chi connectivity index (χ3n) is 3.14. The fourth-order valence-electron chi connectivity index (χ4n) is 1.91. The van der Waals surface area contributed by atoms with E-state index in [0.29, 0.717) is 5.82 Å². The molecule has 0 N–H and O–H groups in total. The molecule has 0 aliphatic heterocycles. The van der Waals surface area contributed by atoms with Gasteiger partial charge in [-0.2, -0.15) is 8.42 Å². The van der Waals surface area contributed by atoms with Gasteiger partial charge >= 0.3 is 0 Å². The molecule has 154 valence electrons. The highest BCUT2D eigenvalue weighted by atomic mass is 32.2. The van der Waals surface area contributed by atoms with Crippen molar-refractivity contribution in [1.82, 2.24) is 14.2 Å². The first-order chi connectivity index (χ1) is 13.5. The second-order valence-corrected chi connectivity index (χ2v) is 6.56. The predicted octanol–water partition coefficient (Wildman–Crippen LogP) is 5.71. The highest BCUT2D eigenvalue weighted by molar-refractivity contribution is 7.89. The van der Waals surface area contributed by atoms with Crippen LogP contribution in [0.2, 0.25) is 0 Å². The largest absolute Gasteiger partial charge is 0.284 e. The van der Waals surface area contributed by atoms with Gasteiger partial charge in [0.05, 0.1) is 4.90 Å². The van der Waals surface area contributed by atoms with Gasteiger partial charge in [0, 0.05) is 5.56 Å². The van der Waals surface area contributed by atoms with Crippen LogP contribution in [0.15, 0.2) is 59.8 Å². The zero-order valence-corrected chi connectivity index (χ0v) is 18.5. The Labute approximate surface area is 168 Å². The first-order valence-electron chi connectivity index (χ1n) is 9.47. The van der Waals surface area contributed by atoms with E-state index in [1.807, 2.05) is 72.7 Å². The average molecular weight is 408 g/mol. The number of benzene rings is 2. The van der Waals surface area contributed by atoms with Gasteiger partial charge in [-0.05, 0) is 31.2 Å². The minimum Gasteiger partial charge on any atom is -0.214 e. The molecule has 0 radical (unpaired) electrons. The maximum Gasteiger partial charge on any atom is 0.284 e. The molecular weight excluding hydrogens is 377 g/mol. The molecule has 0 aliphatic rings. The Morgan fingerprint density at radius 2 is 1.32 bits per heavy atom. The van der Waals surface area contributed by atoms with Gasteiger partial charge in [-0.25, -0.2) is 9.37 Å². The van der Waals surface area contributed by atoms with Crippen LogP contribution in [0.5, 0.6) is 0 Å². The normalized spacial score (nSPS) is 9.71. The number of rotatable bonds is 3. The van der Waals surface area contributed by atoms with Crippen molar-refractivity contribution in [3.63, 3.8) is 0 Å². The maximum absolute atomic E-state index is 12.9. The summed E-state index contributed by atoms with van der Waals surface area (Å²) < 4.78 is 38.5. The predicted molar refractivity (Wildman–Crippen MR) is 113 cm³/mol. The number of hydrogen-bond acceptors (Lipinski definition) is 4. The quantitative estimate of drug-likeness (QED) is 0.558. The van der Waals surface area contributed by atoms with Crippen LogP contribution in [-0.2, 0) is 10.0 Å². The number of aryl methyl sites for hydroxylation is 1. The number of halogens is 1. The van der Waals surface area contributed by atoms with Crippen LogP contribution < -0.4 is 0 Å². The minimum atomic E-state index is -3.87. The summed E-state index contributed by atoms with van der Waals surface area (Å²) in [4.78, 5) is 3.98. The molecule has 0 atom stereocenters. The zero-order valence-electron chi connectivity index (χ0n) is 17.6. The molecule has 0 bridgehead atoms. The van der Waals surface area contributed by atoms with Crippen molar-refractivity contribution in [2.24, 2.45) is 0 Å². The van der Waals surface area contributed by atoms with E-state index >= 15 is 0 Å². The fraction of sp³-hybridized carbons (Fsp3) is 0.333. The van der Waals surface area contributed by atoms with Crippen LogP contribution >= 0.6 is 0 Å². The summed E-state index contributed by atoms with van der Waals surface area (Å²) in [6.07, 6.45) is 1.13. The van der Waals surface area contributed by atoms with Crippen LogP contribution in [0.4, 0.5) is 4.39 Å². The monoisotopic (exact) mass is 407 g/mol. The molecule has 0 spiro atoms. The Hall–Kier alpha value is -2.54. The lowest BCUT2D eigenvalue weighted by Crippen LogP contribution is -2.13. The van der Waals surface area contributed by atoms with E-state index in [4.69, 9.17) is 0 Å². The van der Waals surface area contributed by atoms with Crippen molar-refractivity contribution in [3.05, 3.63) is 66.2 Å². The second-order valence-electron chi connectivity index (χ2n) is 4.77. The van der Waals surface area contributed by atoms with Gasteiger partial charge in [0.2, 0.25) is 0 Å².